The molecule has 7 nitrogen and oxygen atoms in total. The fraction of sp³-hybridized carbons (Fsp3) is 0.526. The lowest BCUT2D eigenvalue weighted by molar-refractivity contribution is -0.141. The standard InChI is InChI=1S/C19H24N4O3/c1-13-10-21(11-14(2)26-13)17(24)12-23-16-7-4-3-6-15(16)18-20-8-5-9-22(18)19(23)25/h3-4,6-7,13-14H,5,8-12H2,1-2H3/t13-,14+. The number of nitrogens with zero attached hydrogens (tertiary/aromatic N) is 4. The van der Waals surface area contributed by atoms with E-state index in [9.17, 15) is 9.59 Å². The summed E-state index contributed by atoms with van der Waals surface area (Å²) in [5, 5.41) is 0. The first-order valence-corrected chi connectivity index (χ1v) is 9.20. The van der Waals surface area contributed by atoms with Crippen LogP contribution in [0.1, 0.15) is 25.8 Å². The summed E-state index contributed by atoms with van der Waals surface area (Å²) in [5.41, 5.74) is 1.68. The van der Waals surface area contributed by atoms with Crippen LogP contribution in [0.5, 0.6) is 0 Å². The summed E-state index contributed by atoms with van der Waals surface area (Å²) < 4.78 is 5.71. The van der Waals surface area contributed by atoms with Crippen molar-refractivity contribution in [2.75, 3.05) is 37.6 Å². The van der Waals surface area contributed by atoms with E-state index in [0.29, 0.717) is 19.6 Å². The van der Waals surface area contributed by atoms with E-state index in [1.807, 2.05) is 38.1 Å². The largest absolute Gasteiger partial charge is 0.372 e. The maximum atomic E-state index is 13.0. The first-order chi connectivity index (χ1) is 12.5. The Morgan fingerprint density at radius 1 is 1.23 bits per heavy atom. The molecule has 0 spiro atoms. The summed E-state index contributed by atoms with van der Waals surface area (Å²) in [4.78, 5) is 35.6. The van der Waals surface area contributed by atoms with Crippen LogP contribution in [0.4, 0.5) is 10.5 Å². The highest BCUT2D eigenvalue weighted by molar-refractivity contribution is 6.20. The minimum absolute atomic E-state index is 0.00729. The molecule has 0 saturated carbocycles. The third-order valence-corrected chi connectivity index (χ3v) is 5.02. The first-order valence-electron chi connectivity index (χ1n) is 9.20. The second kappa shape index (κ2) is 6.72. The van der Waals surface area contributed by atoms with E-state index in [1.165, 1.54) is 0 Å². The molecule has 26 heavy (non-hydrogen) atoms. The highest BCUT2D eigenvalue weighted by Gasteiger charge is 2.38. The number of hydrogen-bond donors (Lipinski definition) is 0. The molecule has 0 aliphatic carbocycles. The van der Waals surface area contributed by atoms with Crippen LogP contribution in [0.25, 0.3) is 0 Å². The van der Waals surface area contributed by atoms with Crippen LogP contribution in [-0.4, -0.2) is 72.5 Å². The van der Waals surface area contributed by atoms with Crippen molar-refractivity contribution in [1.82, 2.24) is 9.80 Å². The number of amides is 3. The van der Waals surface area contributed by atoms with Crippen LogP contribution in [0.3, 0.4) is 0 Å². The van der Waals surface area contributed by atoms with Crippen molar-refractivity contribution in [2.24, 2.45) is 4.99 Å². The maximum absolute atomic E-state index is 13.0. The lowest BCUT2D eigenvalue weighted by atomic mass is 10.1. The summed E-state index contributed by atoms with van der Waals surface area (Å²) in [6, 6.07) is 7.52. The van der Waals surface area contributed by atoms with Crippen molar-refractivity contribution in [3.05, 3.63) is 29.8 Å². The number of aliphatic imine (C=N–C) groups is 1. The number of rotatable bonds is 2. The van der Waals surface area contributed by atoms with Crippen molar-refractivity contribution >= 4 is 23.5 Å². The second-order valence-corrected chi connectivity index (χ2v) is 7.15. The average Bonchev–Trinajstić information content (AvgIpc) is 2.64. The summed E-state index contributed by atoms with van der Waals surface area (Å²) in [6.45, 7) is 6.46. The molecule has 1 saturated heterocycles. The molecule has 0 radical (unpaired) electrons. The normalized spacial score (nSPS) is 25.5. The van der Waals surface area contributed by atoms with Crippen LogP contribution in [0.15, 0.2) is 29.3 Å². The van der Waals surface area contributed by atoms with Gasteiger partial charge in [0.15, 0.2) is 0 Å². The van der Waals surface area contributed by atoms with E-state index in [4.69, 9.17) is 4.74 Å². The van der Waals surface area contributed by atoms with E-state index < -0.39 is 0 Å². The number of urea groups is 1. The van der Waals surface area contributed by atoms with Gasteiger partial charge < -0.3 is 9.64 Å². The van der Waals surface area contributed by atoms with Crippen LogP contribution in [-0.2, 0) is 9.53 Å². The molecule has 0 unspecified atom stereocenters. The molecule has 3 aliphatic heterocycles. The molecule has 138 valence electrons. The van der Waals surface area contributed by atoms with Gasteiger partial charge in [-0.15, -0.1) is 0 Å². The van der Waals surface area contributed by atoms with E-state index in [0.717, 1.165) is 30.1 Å². The molecule has 1 aromatic rings. The Bertz CT molecular complexity index is 753. The molecular weight excluding hydrogens is 332 g/mol. The van der Waals surface area contributed by atoms with Crippen LogP contribution < -0.4 is 4.90 Å². The lowest BCUT2D eigenvalue weighted by Gasteiger charge is -2.40. The molecule has 3 heterocycles. The highest BCUT2D eigenvalue weighted by Crippen LogP contribution is 2.30. The van der Waals surface area contributed by atoms with Gasteiger partial charge in [-0.1, -0.05) is 12.1 Å². The summed E-state index contributed by atoms with van der Waals surface area (Å²) in [6.07, 6.45) is 0.860. The van der Waals surface area contributed by atoms with Crippen molar-refractivity contribution < 1.29 is 14.3 Å². The van der Waals surface area contributed by atoms with Crippen molar-refractivity contribution in [3.63, 3.8) is 0 Å². The molecule has 3 aliphatic rings. The zero-order valence-corrected chi connectivity index (χ0v) is 15.2. The Kier molecular flexibility index (Phi) is 4.40. The van der Waals surface area contributed by atoms with Crippen LogP contribution >= 0.6 is 0 Å². The number of para-hydroxylation sites is 1. The van der Waals surface area contributed by atoms with Gasteiger partial charge >= 0.3 is 6.03 Å². The minimum Gasteiger partial charge on any atom is -0.372 e. The lowest BCUT2D eigenvalue weighted by Crippen LogP contribution is -2.57. The zero-order chi connectivity index (χ0) is 18.3. The fourth-order valence-electron chi connectivity index (χ4n) is 3.94. The van der Waals surface area contributed by atoms with Crippen molar-refractivity contribution in [1.29, 1.82) is 0 Å². The number of hydrogen-bond acceptors (Lipinski definition) is 4. The molecule has 7 heteroatoms. The van der Waals surface area contributed by atoms with Gasteiger partial charge in [-0.2, -0.15) is 0 Å². The Hall–Kier alpha value is -2.41. The van der Waals surface area contributed by atoms with E-state index in [-0.39, 0.29) is 30.7 Å². The predicted octanol–water partition coefficient (Wildman–Crippen LogP) is 1.71. The second-order valence-electron chi connectivity index (χ2n) is 7.15. The Morgan fingerprint density at radius 2 is 1.96 bits per heavy atom. The van der Waals surface area contributed by atoms with Gasteiger partial charge in [0.1, 0.15) is 12.4 Å². The van der Waals surface area contributed by atoms with Crippen molar-refractivity contribution in [2.45, 2.75) is 32.5 Å². The number of benzene rings is 1. The quantitative estimate of drug-likeness (QED) is 0.810. The van der Waals surface area contributed by atoms with E-state index in [2.05, 4.69) is 4.99 Å². The molecular formula is C19H24N4O3. The van der Waals surface area contributed by atoms with Crippen LogP contribution in [0.2, 0.25) is 0 Å². The number of amidine groups is 1. The first kappa shape index (κ1) is 17.0. The predicted molar refractivity (Wildman–Crippen MR) is 98.5 cm³/mol. The molecule has 2 atom stereocenters. The monoisotopic (exact) mass is 356 g/mol. The third kappa shape index (κ3) is 2.96. The number of carbonyl (C=O) groups is 2. The zero-order valence-electron chi connectivity index (χ0n) is 15.2. The molecule has 0 bridgehead atoms. The highest BCUT2D eigenvalue weighted by atomic mass is 16.5. The molecule has 1 fully saturated rings. The van der Waals surface area contributed by atoms with Crippen LogP contribution in [0, 0.1) is 0 Å². The van der Waals surface area contributed by atoms with Gasteiger partial charge in [-0.25, -0.2) is 4.79 Å². The van der Waals surface area contributed by atoms with Gasteiger partial charge in [0, 0.05) is 31.7 Å². The molecule has 0 aromatic heterocycles. The number of ether oxygens (including phenoxy) is 1. The number of anilines is 1. The third-order valence-electron chi connectivity index (χ3n) is 5.02. The Balaban J connectivity index is 1.61. The molecule has 4 rings (SSSR count). The summed E-state index contributed by atoms with van der Waals surface area (Å²) in [5.74, 6) is 0.682. The minimum atomic E-state index is -0.162. The van der Waals surface area contributed by atoms with Gasteiger partial charge in [0.2, 0.25) is 5.91 Å². The average molecular weight is 356 g/mol. The van der Waals surface area contributed by atoms with Gasteiger partial charge in [0.25, 0.3) is 0 Å². The van der Waals surface area contributed by atoms with E-state index in [1.54, 1.807) is 14.7 Å². The number of fused-ring (bicyclic) bond motifs is 3. The van der Waals surface area contributed by atoms with Gasteiger partial charge in [-0.3, -0.25) is 19.6 Å². The van der Waals surface area contributed by atoms with Crippen molar-refractivity contribution in [3.8, 4) is 0 Å². The smallest absolute Gasteiger partial charge is 0.330 e. The van der Waals surface area contributed by atoms with Gasteiger partial charge in [-0.05, 0) is 32.4 Å². The number of carbonyl (C=O) groups excluding carboxylic acids is 2. The maximum Gasteiger partial charge on any atom is 0.330 e. The van der Waals surface area contributed by atoms with Gasteiger partial charge in [0.05, 0.1) is 17.9 Å². The Labute approximate surface area is 153 Å². The fourth-order valence-corrected chi connectivity index (χ4v) is 3.94. The SMILES string of the molecule is C[C@@H]1CN(C(=O)CN2C(=O)N3CCCN=C3c3ccccc32)C[C@H](C)O1. The van der Waals surface area contributed by atoms with E-state index >= 15 is 0 Å². The summed E-state index contributed by atoms with van der Waals surface area (Å²) in [7, 11) is 0. The Morgan fingerprint density at radius 3 is 2.73 bits per heavy atom. The number of morpholine rings is 1. The molecule has 3 amide bonds. The molecule has 0 N–H and O–H groups in total. The summed E-state index contributed by atoms with van der Waals surface area (Å²) >= 11 is 0. The molecule has 1 aromatic carbocycles. The topological polar surface area (TPSA) is 65.5 Å².